The Morgan fingerprint density at radius 1 is 1.19 bits per heavy atom. The Balaban J connectivity index is 1.45. The topological polar surface area (TPSA) is 115 Å². The summed E-state index contributed by atoms with van der Waals surface area (Å²) in [5, 5.41) is 25.7. The number of rotatable bonds is 6. The number of carbonyl (C=O) groups excluding carboxylic acids is 2. The molecule has 0 radical (unpaired) electrons. The van der Waals surface area contributed by atoms with Gasteiger partial charge in [-0.05, 0) is 60.1 Å². The molecule has 4 N–H and O–H groups in total. The summed E-state index contributed by atoms with van der Waals surface area (Å²) in [5.41, 5.74) is 3.90. The zero-order chi connectivity index (χ0) is 26.3. The normalized spacial score (nSPS) is 26.3. The Labute approximate surface area is 217 Å². The van der Waals surface area contributed by atoms with Crippen molar-refractivity contribution in [2.75, 3.05) is 7.11 Å². The fourth-order valence-electron chi connectivity index (χ4n) is 6.25. The van der Waals surface area contributed by atoms with Gasteiger partial charge in [-0.15, -0.1) is 0 Å². The zero-order valence-corrected chi connectivity index (χ0v) is 21.7. The molecule has 8 nitrogen and oxygen atoms in total. The minimum absolute atomic E-state index is 0.0837. The lowest BCUT2D eigenvalue weighted by molar-refractivity contribution is -0.135. The van der Waals surface area contributed by atoms with Gasteiger partial charge >= 0.3 is 0 Å². The van der Waals surface area contributed by atoms with E-state index in [0.29, 0.717) is 24.8 Å². The number of aliphatic hydroxyl groups is 1. The number of fused-ring (bicyclic) bond motifs is 2. The molecule has 1 fully saturated rings. The smallest absolute Gasteiger partial charge is 0.251 e. The Hall–Kier alpha value is -3.23. The minimum Gasteiger partial charge on any atom is -0.390 e. The second-order valence-electron chi connectivity index (χ2n) is 10.5. The van der Waals surface area contributed by atoms with Crippen LogP contribution >= 0.6 is 0 Å². The van der Waals surface area contributed by atoms with Gasteiger partial charge in [0.15, 0.2) is 5.96 Å². The van der Waals surface area contributed by atoms with Crippen LogP contribution < -0.4 is 10.6 Å². The number of carbonyl (C=O) groups is 2. The van der Waals surface area contributed by atoms with Gasteiger partial charge in [-0.25, -0.2) is 0 Å². The van der Waals surface area contributed by atoms with Crippen LogP contribution in [-0.4, -0.2) is 52.6 Å². The summed E-state index contributed by atoms with van der Waals surface area (Å²) >= 11 is 0. The number of methoxy groups -OCH3 is 1. The van der Waals surface area contributed by atoms with Crippen LogP contribution in [0.5, 0.6) is 0 Å². The first-order valence-electron chi connectivity index (χ1n) is 13.2. The molecule has 0 saturated carbocycles. The summed E-state index contributed by atoms with van der Waals surface area (Å²) in [6, 6.07) is 12.4. The molecule has 2 aliphatic carbocycles. The molecule has 0 aromatic heterocycles. The molecule has 37 heavy (non-hydrogen) atoms. The molecular formula is C29H36N4O4. The Bertz CT molecular complexity index is 1200. The number of aryl methyl sites for hydroxylation is 1. The highest BCUT2D eigenvalue weighted by Crippen LogP contribution is 2.40. The fourth-order valence-corrected chi connectivity index (χ4v) is 6.25. The molecule has 5 rings (SSSR count). The zero-order valence-electron chi connectivity index (χ0n) is 21.7. The highest BCUT2D eigenvalue weighted by molar-refractivity contribution is 6.00. The van der Waals surface area contributed by atoms with Crippen molar-refractivity contribution in [1.82, 2.24) is 15.5 Å². The van der Waals surface area contributed by atoms with E-state index in [1.807, 2.05) is 50.2 Å². The van der Waals surface area contributed by atoms with Crippen molar-refractivity contribution in [3.8, 4) is 0 Å². The number of amides is 2. The summed E-state index contributed by atoms with van der Waals surface area (Å²) in [4.78, 5) is 28.4. The predicted molar refractivity (Wildman–Crippen MR) is 140 cm³/mol. The van der Waals surface area contributed by atoms with E-state index in [0.717, 1.165) is 41.5 Å². The standard InChI is InChI=1S/C29H36N4O4/c1-4-29(5-2)16-24(35)33(28(30)32-29)26-21-14-19(11-10-17(21)12-13-23(26)37-3)27(36)31-25-20-9-7-6-8-18(20)15-22(25)34/h6-11,14,22-23,25-26,34H,4-5,12-13,15-16H2,1-3H3,(H2,30,32)(H,31,36)/t22-,23+,25-,26+/m1/s1. The van der Waals surface area contributed by atoms with E-state index < -0.39 is 23.7 Å². The molecule has 4 atom stereocenters. The fraction of sp³-hybridized carbons (Fsp3) is 0.483. The largest absolute Gasteiger partial charge is 0.390 e. The number of hydrogen-bond acceptors (Lipinski definition) is 5. The van der Waals surface area contributed by atoms with Gasteiger partial charge in [-0.2, -0.15) is 0 Å². The van der Waals surface area contributed by atoms with Crippen molar-refractivity contribution in [3.05, 3.63) is 70.3 Å². The molecule has 8 heteroatoms. The van der Waals surface area contributed by atoms with Crippen molar-refractivity contribution in [1.29, 1.82) is 5.41 Å². The predicted octanol–water partition coefficient (Wildman–Crippen LogP) is 3.39. The number of aliphatic hydroxyl groups excluding tert-OH is 1. The average Bonchev–Trinajstić information content (AvgIpc) is 3.22. The van der Waals surface area contributed by atoms with E-state index in [-0.39, 0.29) is 23.9 Å². The van der Waals surface area contributed by atoms with E-state index in [1.54, 1.807) is 13.2 Å². The van der Waals surface area contributed by atoms with Crippen molar-refractivity contribution in [3.63, 3.8) is 0 Å². The van der Waals surface area contributed by atoms with E-state index >= 15 is 0 Å². The number of nitrogens with one attached hydrogen (secondary N) is 3. The molecule has 1 aliphatic heterocycles. The van der Waals surface area contributed by atoms with E-state index in [4.69, 9.17) is 10.1 Å². The molecule has 0 spiro atoms. The first-order chi connectivity index (χ1) is 17.8. The van der Waals surface area contributed by atoms with Gasteiger partial charge in [-0.1, -0.05) is 44.2 Å². The summed E-state index contributed by atoms with van der Waals surface area (Å²) in [6.07, 6.45) is 2.82. The van der Waals surface area contributed by atoms with Crippen LogP contribution in [0.2, 0.25) is 0 Å². The van der Waals surface area contributed by atoms with Crippen molar-refractivity contribution in [2.24, 2.45) is 0 Å². The molecule has 0 bridgehead atoms. The van der Waals surface area contributed by atoms with Crippen LogP contribution in [-0.2, 0) is 22.4 Å². The summed E-state index contributed by atoms with van der Waals surface area (Å²) < 4.78 is 5.82. The molecule has 0 unspecified atom stereocenters. The molecule has 3 aliphatic rings. The lowest BCUT2D eigenvalue weighted by Gasteiger charge is -2.47. The monoisotopic (exact) mass is 504 g/mol. The molecule has 2 aromatic rings. The third-order valence-corrected chi connectivity index (χ3v) is 8.58. The second-order valence-corrected chi connectivity index (χ2v) is 10.5. The van der Waals surface area contributed by atoms with Crippen LogP contribution in [0.25, 0.3) is 0 Å². The molecule has 1 heterocycles. The van der Waals surface area contributed by atoms with E-state index in [2.05, 4.69) is 10.6 Å². The SMILES string of the molecule is CCC1(CC)CC(=O)N([C@H]2c3cc(C(=O)N[C@@H]4c5ccccc5C[C@H]4O)ccc3CC[C@@H]2OC)C(=N)N1. The first kappa shape index (κ1) is 25.4. The van der Waals surface area contributed by atoms with Crippen LogP contribution in [0, 0.1) is 5.41 Å². The third-order valence-electron chi connectivity index (χ3n) is 8.58. The van der Waals surface area contributed by atoms with Gasteiger partial charge in [0.25, 0.3) is 5.91 Å². The number of benzene rings is 2. The number of ether oxygens (including phenoxy) is 1. The maximum absolute atomic E-state index is 13.5. The highest BCUT2D eigenvalue weighted by Gasteiger charge is 2.46. The van der Waals surface area contributed by atoms with E-state index in [1.165, 1.54) is 4.90 Å². The minimum atomic E-state index is -0.681. The number of hydrogen-bond donors (Lipinski definition) is 4. The Kier molecular flexibility index (Phi) is 6.81. The van der Waals surface area contributed by atoms with Gasteiger partial charge in [-0.3, -0.25) is 19.9 Å². The Morgan fingerprint density at radius 2 is 1.95 bits per heavy atom. The maximum Gasteiger partial charge on any atom is 0.251 e. The van der Waals surface area contributed by atoms with Crippen molar-refractivity contribution in [2.45, 2.75) is 82.2 Å². The van der Waals surface area contributed by atoms with Crippen LogP contribution in [0.4, 0.5) is 0 Å². The number of nitrogens with zero attached hydrogens (tertiary/aromatic N) is 1. The first-order valence-corrected chi connectivity index (χ1v) is 13.2. The van der Waals surface area contributed by atoms with Gasteiger partial charge in [0.1, 0.15) is 0 Å². The van der Waals surface area contributed by atoms with Gasteiger partial charge < -0.3 is 20.5 Å². The number of guanidine groups is 1. The maximum atomic E-state index is 13.5. The van der Waals surface area contributed by atoms with Gasteiger partial charge in [0, 0.05) is 24.6 Å². The van der Waals surface area contributed by atoms with Crippen LogP contribution in [0.3, 0.4) is 0 Å². The summed E-state index contributed by atoms with van der Waals surface area (Å²) in [7, 11) is 1.63. The quantitative estimate of drug-likeness (QED) is 0.482. The average molecular weight is 505 g/mol. The van der Waals surface area contributed by atoms with E-state index in [9.17, 15) is 14.7 Å². The lowest BCUT2D eigenvalue weighted by atomic mass is 9.81. The Morgan fingerprint density at radius 3 is 2.65 bits per heavy atom. The van der Waals surface area contributed by atoms with Gasteiger partial charge in [0.05, 0.1) is 30.7 Å². The molecule has 196 valence electrons. The summed E-state index contributed by atoms with van der Waals surface area (Å²) in [6.45, 7) is 4.07. The molecule has 2 amide bonds. The lowest BCUT2D eigenvalue weighted by Crippen LogP contribution is -2.64. The van der Waals surface area contributed by atoms with Crippen LogP contribution in [0.1, 0.15) is 84.2 Å². The second kappa shape index (κ2) is 9.91. The van der Waals surface area contributed by atoms with Crippen molar-refractivity contribution >= 4 is 17.8 Å². The van der Waals surface area contributed by atoms with Crippen molar-refractivity contribution < 1.29 is 19.4 Å². The molecular weight excluding hydrogens is 468 g/mol. The summed E-state index contributed by atoms with van der Waals surface area (Å²) in [5.74, 6) is -0.302. The van der Waals surface area contributed by atoms with Gasteiger partial charge in [0.2, 0.25) is 5.91 Å². The van der Waals surface area contributed by atoms with Crippen LogP contribution in [0.15, 0.2) is 42.5 Å². The molecule has 1 saturated heterocycles. The highest BCUT2D eigenvalue weighted by atomic mass is 16.5. The third kappa shape index (κ3) is 4.42. The molecule has 2 aromatic carbocycles.